The van der Waals surface area contributed by atoms with Gasteiger partial charge in [-0.05, 0) is 0 Å². The molecule has 1 rings (SSSR count). The lowest BCUT2D eigenvalue weighted by Gasteiger charge is -2.01. The Hall–Kier alpha value is -1.47. The summed E-state index contributed by atoms with van der Waals surface area (Å²) in [6, 6.07) is -0.838. The summed E-state index contributed by atoms with van der Waals surface area (Å²) in [5, 5.41) is 4.79. The van der Waals surface area contributed by atoms with E-state index in [1.54, 1.807) is 11.7 Å². The first-order valence-electron chi connectivity index (χ1n) is 3.86. The van der Waals surface area contributed by atoms with Crippen LogP contribution < -0.4 is 16.4 Å². The van der Waals surface area contributed by atoms with Gasteiger partial charge in [0, 0.05) is 17.6 Å². The van der Waals surface area contributed by atoms with E-state index < -0.39 is 11.9 Å². The molecule has 1 heterocycles. The molecule has 0 fully saturated rings. The van der Waals surface area contributed by atoms with E-state index in [2.05, 4.69) is 10.3 Å². The molecule has 0 saturated carbocycles. The number of imide groups is 1. The number of carbonyl (C=O) groups is 2. The van der Waals surface area contributed by atoms with Crippen LogP contribution in [0.3, 0.4) is 0 Å². The molecule has 0 unspecified atom stereocenters. The normalized spacial score (nSPS) is 9.71. The van der Waals surface area contributed by atoms with E-state index in [0.29, 0.717) is 6.54 Å². The summed E-state index contributed by atoms with van der Waals surface area (Å²) < 4.78 is 0. The van der Waals surface area contributed by atoms with Gasteiger partial charge < -0.3 is 11.1 Å². The van der Waals surface area contributed by atoms with E-state index in [9.17, 15) is 9.59 Å². The summed E-state index contributed by atoms with van der Waals surface area (Å²) in [7, 11) is 0. The highest BCUT2D eigenvalue weighted by Gasteiger charge is 2.02. The number of nitrogens with two attached hydrogens (primary N) is 1. The molecule has 0 aromatic carbocycles. The number of urea groups is 1. The maximum absolute atomic E-state index is 10.9. The van der Waals surface area contributed by atoms with Gasteiger partial charge in [-0.1, -0.05) is 0 Å². The van der Waals surface area contributed by atoms with Crippen LogP contribution in [-0.2, 0) is 11.3 Å². The summed E-state index contributed by atoms with van der Waals surface area (Å²) >= 11 is 1.49. The van der Waals surface area contributed by atoms with E-state index in [-0.39, 0.29) is 6.54 Å². The van der Waals surface area contributed by atoms with Crippen molar-refractivity contribution in [3.8, 4) is 0 Å². The molecule has 0 bridgehead atoms. The van der Waals surface area contributed by atoms with E-state index in [4.69, 9.17) is 5.73 Å². The van der Waals surface area contributed by atoms with Gasteiger partial charge in [0.05, 0.1) is 12.1 Å². The van der Waals surface area contributed by atoms with Gasteiger partial charge in [0.25, 0.3) is 0 Å². The predicted octanol–water partition coefficient (Wildman–Crippen LogP) is -0.572. The van der Waals surface area contributed by atoms with Crippen LogP contribution in [-0.4, -0.2) is 23.5 Å². The van der Waals surface area contributed by atoms with Crippen LogP contribution in [0.5, 0.6) is 0 Å². The molecule has 0 spiro atoms. The molecule has 1 aromatic heterocycles. The van der Waals surface area contributed by atoms with Gasteiger partial charge in [0.1, 0.15) is 0 Å². The number of nitrogens with zero attached hydrogens (tertiary/aromatic N) is 1. The number of aromatic nitrogens is 1. The molecule has 0 saturated heterocycles. The van der Waals surface area contributed by atoms with Crippen LogP contribution in [0.1, 0.15) is 4.88 Å². The van der Waals surface area contributed by atoms with Gasteiger partial charge in [-0.15, -0.1) is 11.3 Å². The first kappa shape index (κ1) is 10.6. The molecule has 0 aliphatic heterocycles. The van der Waals surface area contributed by atoms with Gasteiger partial charge in [-0.2, -0.15) is 0 Å². The molecular weight excluding hydrogens is 204 g/mol. The van der Waals surface area contributed by atoms with Gasteiger partial charge >= 0.3 is 6.03 Å². The quantitative estimate of drug-likeness (QED) is 0.625. The number of nitrogens with one attached hydrogen (secondary N) is 2. The van der Waals surface area contributed by atoms with E-state index in [1.165, 1.54) is 11.3 Å². The van der Waals surface area contributed by atoms with Crippen molar-refractivity contribution in [1.82, 2.24) is 15.6 Å². The molecule has 7 heteroatoms. The number of primary amides is 1. The topological polar surface area (TPSA) is 97.1 Å². The van der Waals surface area contributed by atoms with Gasteiger partial charge in [0.15, 0.2) is 0 Å². The Morgan fingerprint density at radius 3 is 2.93 bits per heavy atom. The molecule has 3 amide bonds. The highest BCUT2D eigenvalue weighted by atomic mass is 32.1. The Morgan fingerprint density at radius 2 is 2.36 bits per heavy atom. The zero-order valence-corrected chi connectivity index (χ0v) is 8.13. The Balaban J connectivity index is 2.15. The van der Waals surface area contributed by atoms with Crippen LogP contribution in [0.4, 0.5) is 4.79 Å². The lowest BCUT2D eigenvalue weighted by molar-refractivity contribution is -0.119. The van der Waals surface area contributed by atoms with Crippen molar-refractivity contribution in [3.63, 3.8) is 0 Å². The van der Waals surface area contributed by atoms with Crippen molar-refractivity contribution in [2.45, 2.75) is 6.54 Å². The molecule has 0 atom stereocenters. The summed E-state index contributed by atoms with van der Waals surface area (Å²) in [5.41, 5.74) is 6.46. The lowest BCUT2D eigenvalue weighted by Crippen LogP contribution is -2.40. The average molecular weight is 214 g/mol. The van der Waals surface area contributed by atoms with Crippen molar-refractivity contribution in [3.05, 3.63) is 16.6 Å². The standard InChI is InChI=1S/C7H10N4O2S/c8-7(13)11-6(12)3-9-1-5-2-10-4-14-5/h2,4,9H,1,3H2,(H3,8,11,12,13). The van der Waals surface area contributed by atoms with Crippen molar-refractivity contribution in [1.29, 1.82) is 0 Å². The molecule has 1 aromatic rings. The van der Waals surface area contributed by atoms with Crippen molar-refractivity contribution in [2.24, 2.45) is 5.73 Å². The van der Waals surface area contributed by atoms with E-state index >= 15 is 0 Å². The van der Waals surface area contributed by atoms with Crippen LogP contribution >= 0.6 is 11.3 Å². The first-order valence-corrected chi connectivity index (χ1v) is 4.74. The van der Waals surface area contributed by atoms with E-state index in [0.717, 1.165) is 4.88 Å². The third kappa shape index (κ3) is 3.97. The predicted molar refractivity (Wildman–Crippen MR) is 51.5 cm³/mol. The molecule has 0 radical (unpaired) electrons. The molecule has 0 aliphatic carbocycles. The summed E-state index contributed by atoms with van der Waals surface area (Å²) in [4.78, 5) is 26.0. The Labute approximate surface area is 84.5 Å². The fourth-order valence-corrected chi connectivity index (χ4v) is 1.37. The van der Waals surface area contributed by atoms with Crippen molar-refractivity contribution < 1.29 is 9.59 Å². The second-order valence-corrected chi connectivity index (χ2v) is 3.45. The number of hydrogen-bond donors (Lipinski definition) is 3. The Kier molecular flexibility index (Phi) is 4.02. The fourth-order valence-electron chi connectivity index (χ4n) is 0.810. The number of rotatable bonds is 4. The molecular formula is C7H10N4O2S. The van der Waals surface area contributed by atoms with Gasteiger partial charge in [-0.3, -0.25) is 15.1 Å². The summed E-state index contributed by atoms with van der Waals surface area (Å²) in [5.74, 6) is -0.443. The van der Waals surface area contributed by atoms with Crippen molar-refractivity contribution in [2.75, 3.05) is 6.54 Å². The van der Waals surface area contributed by atoms with Crippen LogP contribution in [0.15, 0.2) is 11.7 Å². The Morgan fingerprint density at radius 1 is 1.57 bits per heavy atom. The third-order valence-corrected chi connectivity index (χ3v) is 2.11. The smallest absolute Gasteiger partial charge is 0.318 e. The second-order valence-electron chi connectivity index (χ2n) is 2.48. The minimum absolute atomic E-state index is 0.0564. The van der Waals surface area contributed by atoms with E-state index in [1.807, 2.05) is 5.32 Å². The first-order chi connectivity index (χ1) is 6.68. The maximum Gasteiger partial charge on any atom is 0.318 e. The van der Waals surface area contributed by atoms with Gasteiger partial charge in [-0.25, -0.2) is 4.79 Å². The molecule has 14 heavy (non-hydrogen) atoms. The number of carbonyl (C=O) groups excluding carboxylic acids is 2. The molecule has 0 aliphatic rings. The van der Waals surface area contributed by atoms with Crippen molar-refractivity contribution >= 4 is 23.3 Å². The largest absolute Gasteiger partial charge is 0.351 e. The summed E-state index contributed by atoms with van der Waals surface area (Å²) in [6.07, 6.45) is 1.71. The minimum atomic E-state index is -0.838. The second kappa shape index (κ2) is 5.30. The fraction of sp³-hybridized carbons (Fsp3) is 0.286. The molecule has 4 N–H and O–H groups in total. The summed E-state index contributed by atoms with van der Waals surface area (Å²) in [6.45, 7) is 0.609. The highest BCUT2D eigenvalue weighted by Crippen LogP contribution is 2.03. The molecule has 6 nitrogen and oxygen atoms in total. The SMILES string of the molecule is NC(=O)NC(=O)CNCc1cncs1. The lowest BCUT2D eigenvalue weighted by atomic mass is 10.5. The van der Waals surface area contributed by atoms with Crippen LogP contribution in [0.25, 0.3) is 0 Å². The van der Waals surface area contributed by atoms with Crippen LogP contribution in [0.2, 0.25) is 0 Å². The number of hydrogen-bond acceptors (Lipinski definition) is 5. The number of amides is 3. The Bertz CT molecular complexity index is 311. The van der Waals surface area contributed by atoms with Crippen LogP contribution in [0, 0.1) is 0 Å². The monoisotopic (exact) mass is 214 g/mol. The average Bonchev–Trinajstić information content (AvgIpc) is 2.55. The molecule has 76 valence electrons. The number of thiazole rings is 1. The minimum Gasteiger partial charge on any atom is -0.351 e. The van der Waals surface area contributed by atoms with Gasteiger partial charge in [0.2, 0.25) is 5.91 Å². The highest BCUT2D eigenvalue weighted by molar-refractivity contribution is 7.09. The third-order valence-electron chi connectivity index (χ3n) is 1.33. The zero-order chi connectivity index (χ0) is 10.4. The zero-order valence-electron chi connectivity index (χ0n) is 7.32. The maximum atomic E-state index is 10.9.